The molecule has 0 bridgehead atoms. The Hall–Kier alpha value is -1.26. The predicted octanol–water partition coefficient (Wildman–Crippen LogP) is -0.298. The molecule has 1 saturated heterocycles. The number of hydrogen-bond acceptors (Lipinski definition) is 3. The third-order valence-corrected chi connectivity index (χ3v) is 1.84. The first-order chi connectivity index (χ1) is 5.63. The van der Waals surface area contributed by atoms with Crippen LogP contribution >= 0.6 is 0 Å². The second-order valence-electron chi connectivity index (χ2n) is 2.70. The van der Waals surface area contributed by atoms with Crippen LogP contribution in [-0.4, -0.2) is 36.1 Å². The van der Waals surface area contributed by atoms with Crippen molar-refractivity contribution in [3.63, 3.8) is 0 Å². The van der Waals surface area contributed by atoms with E-state index >= 15 is 0 Å². The summed E-state index contributed by atoms with van der Waals surface area (Å²) in [6.45, 7) is 3.00. The van der Waals surface area contributed by atoms with Gasteiger partial charge in [0.1, 0.15) is 6.10 Å². The van der Waals surface area contributed by atoms with Gasteiger partial charge in [0, 0.05) is 6.54 Å². The molecule has 1 aliphatic heterocycles. The van der Waals surface area contributed by atoms with Gasteiger partial charge in [0.05, 0.1) is 13.0 Å². The van der Waals surface area contributed by atoms with Crippen molar-refractivity contribution in [1.82, 2.24) is 4.90 Å². The van der Waals surface area contributed by atoms with E-state index in [9.17, 15) is 9.59 Å². The fourth-order valence-corrected chi connectivity index (χ4v) is 1.28. The van der Waals surface area contributed by atoms with Crippen LogP contribution in [0.25, 0.3) is 0 Å². The average Bonchev–Trinajstić information content (AvgIpc) is 2.29. The molecule has 68 valence electrons. The molecule has 1 unspecified atom stereocenters. The van der Waals surface area contributed by atoms with Gasteiger partial charge in [0.2, 0.25) is 5.91 Å². The summed E-state index contributed by atoms with van der Waals surface area (Å²) < 4.78 is 4.69. The number of rotatable bonds is 2. The Labute approximate surface area is 70.5 Å². The largest absolute Gasteiger partial charge is 0.444 e. The van der Waals surface area contributed by atoms with Crippen molar-refractivity contribution in [2.45, 2.75) is 19.4 Å². The number of carbonyl (C=O) groups is 2. The molecule has 1 atom stereocenters. The van der Waals surface area contributed by atoms with Gasteiger partial charge in [-0.25, -0.2) is 4.79 Å². The quantitative estimate of drug-likeness (QED) is 0.621. The Morgan fingerprint density at radius 2 is 2.50 bits per heavy atom. The Bertz CT molecular complexity index is 205. The van der Waals surface area contributed by atoms with E-state index in [4.69, 9.17) is 5.73 Å². The highest BCUT2D eigenvalue weighted by atomic mass is 16.6. The Morgan fingerprint density at radius 1 is 1.83 bits per heavy atom. The number of nitrogens with two attached hydrogens (primary N) is 1. The first kappa shape index (κ1) is 8.83. The minimum Gasteiger partial charge on any atom is -0.444 e. The van der Waals surface area contributed by atoms with E-state index in [1.54, 1.807) is 4.90 Å². The highest BCUT2D eigenvalue weighted by molar-refractivity contribution is 5.79. The lowest BCUT2D eigenvalue weighted by Gasteiger charge is -2.12. The van der Waals surface area contributed by atoms with Crippen molar-refractivity contribution >= 4 is 12.0 Å². The third-order valence-electron chi connectivity index (χ3n) is 1.84. The zero-order valence-electron chi connectivity index (χ0n) is 6.95. The number of ether oxygens (including phenoxy) is 1. The molecule has 0 spiro atoms. The SMILES string of the molecule is CCN1CC(OC(N)=O)CC1=O. The molecule has 5 nitrogen and oxygen atoms in total. The van der Waals surface area contributed by atoms with Gasteiger partial charge in [-0.1, -0.05) is 0 Å². The van der Waals surface area contributed by atoms with E-state index in [2.05, 4.69) is 4.74 Å². The van der Waals surface area contributed by atoms with Crippen molar-refractivity contribution in [3.8, 4) is 0 Å². The van der Waals surface area contributed by atoms with E-state index < -0.39 is 6.09 Å². The van der Waals surface area contributed by atoms with Gasteiger partial charge in [-0.05, 0) is 6.92 Å². The van der Waals surface area contributed by atoms with Crippen LogP contribution in [0.3, 0.4) is 0 Å². The Balaban J connectivity index is 2.43. The molecule has 1 fully saturated rings. The average molecular weight is 172 g/mol. The maximum Gasteiger partial charge on any atom is 0.404 e. The molecule has 0 aromatic carbocycles. The zero-order valence-corrected chi connectivity index (χ0v) is 6.95. The number of carbonyl (C=O) groups excluding carboxylic acids is 2. The third kappa shape index (κ3) is 1.87. The van der Waals surface area contributed by atoms with E-state index in [1.807, 2.05) is 6.92 Å². The van der Waals surface area contributed by atoms with Gasteiger partial charge in [0.25, 0.3) is 0 Å². The molecule has 5 heteroatoms. The number of amides is 2. The summed E-state index contributed by atoms with van der Waals surface area (Å²) in [5, 5.41) is 0. The van der Waals surface area contributed by atoms with Gasteiger partial charge in [-0.2, -0.15) is 0 Å². The molecule has 0 aromatic heterocycles. The van der Waals surface area contributed by atoms with Crippen molar-refractivity contribution < 1.29 is 14.3 Å². The summed E-state index contributed by atoms with van der Waals surface area (Å²) in [7, 11) is 0. The number of primary amides is 1. The van der Waals surface area contributed by atoms with Gasteiger partial charge in [0.15, 0.2) is 0 Å². The molecule has 1 rings (SSSR count). The lowest BCUT2D eigenvalue weighted by atomic mass is 10.3. The summed E-state index contributed by atoms with van der Waals surface area (Å²) in [4.78, 5) is 23.1. The van der Waals surface area contributed by atoms with Crippen molar-refractivity contribution in [2.24, 2.45) is 5.73 Å². The van der Waals surface area contributed by atoms with E-state index in [1.165, 1.54) is 0 Å². The van der Waals surface area contributed by atoms with Gasteiger partial charge in [-0.3, -0.25) is 4.79 Å². The standard InChI is InChI=1S/C7H12N2O3/c1-2-9-4-5(3-6(9)10)12-7(8)11/h5H,2-4H2,1H3,(H2,8,11). The first-order valence-electron chi connectivity index (χ1n) is 3.87. The van der Waals surface area contributed by atoms with Crippen LogP contribution in [0.2, 0.25) is 0 Å². The van der Waals surface area contributed by atoms with Crippen LogP contribution < -0.4 is 5.73 Å². The second-order valence-corrected chi connectivity index (χ2v) is 2.70. The van der Waals surface area contributed by atoms with Crippen molar-refractivity contribution in [2.75, 3.05) is 13.1 Å². The molecule has 1 aliphatic rings. The van der Waals surface area contributed by atoms with E-state index in [0.717, 1.165) is 0 Å². The summed E-state index contributed by atoms with van der Waals surface area (Å²) in [6.07, 6.45) is -0.905. The molecule has 12 heavy (non-hydrogen) atoms. The van der Waals surface area contributed by atoms with Crippen LogP contribution in [0.5, 0.6) is 0 Å². The monoisotopic (exact) mass is 172 g/mol. The summed E-state index contributed by atoms with van der Waals surface area (Å²) in [5.74, 6) is 0.0174. The highest BCUT2D eigenvalue weighted by Gasteiger charge is 2.30. The minimum atomic E-state index is -0.814. The van der Waals surface area contributed by atoms with E-state index in [0.29, 0.717) is 13.1 Å². The van der Waals surface area contributed by atoms with Crippen LogP contribution in [0.4, 0.5) is 4.79 Å². The maximum absolute atomic E-state index is 11.1. The van der Waals surface area contributed by atoms with Crippen LogP contribution in [-0.2, 0) is 9.53 Å². The topological polar surface area (TPSA) is 72.6 Å². The molecule has 0 radical (unpaired) electrons. The van der Waals surface area contributed by atoms with Crippen molar-refractivity contribution in [1.29, 1.82) is 0 Å². The minimum absolute atomic E-state index is 0.0174. The molecular formula is C7H12N2O3. The fourth-order valence-electron chi connectivity index (χ4n) is 1.28. The van der Waals surface area contributed by atoms with Crippen LogP contribution in [0.15, 0.2) is 0 Å². The number of likely N-dealkylation sites (N-methyl/N-ethyl adjacent to an activating group) is 1. The molecular weight excluding hydrogens is 160 g/mol. The zero-order chi connectivity index (χ0) is 9.14. The van der Waals surface area contributed by atoms with E-state index in [-0.39, 0.29) is 18.4 Å². The van der Waals surface area contributed by atoms with Crippen molar-refractivity contribution in [3.05, 3.63) is 0 Å². The van der Waals surface area contributed by atoms with Crippen LogP contribution in [0, 0.1) is 0 Å². The summed E-state index contributed by atoms with van der Waals surface area (Å²) in [6, 6.07) is 0. The molecule has 0 saturated carbocycles. The number of hydrogen-bond donors (Lipinski definition) is 1. The van der Waals surface area contributed by atoms with Gasteiger partial charge in [-0.15, -0.1) is 0 Å². The summed E-state index contributed by atoms with van der Waals surface area (Å²) >= 11 is 0. The lowest BCUT2D eigenvalue weighted by Crippen LogP contribution is -2.28. The number of nitrogens with zero attached hydrogens (tertiary/aromatic N) is 1. The first-order valence-corrected chi connectivity index (χ1v) is 3.87. The Kier molecular flexibility index (Phi) is 2.52. The molecule has 2 amide bonds. The number of likely N-dealkylation sites (tertiary alicyclic amines) is 1. The molecule has 2 N–H and O–H groups in total. The second kappa shape index (κ2) is 3.42. The van der Waals surface area contributed by atoms with Crippen LogP contribution in [0.1, 0.15) is 13.3 Å². The van der Waals surface area contributed by atoms with Gasteiger partial charge < -0.3 is 15.4 Å². The molecule has 0 aromatic rings. The molecule has 1 heterocycles. The lowest BCUT2D eigenvalue weighted by molar-refractivity contribution is -0.127. The smallest absolute Gasteiger partial charge is 0.404 e. The molecule has 0 aliphatic carbocycles. The fraction of sp³-hybridized carbons (Fsp3) is 0.714. The van der Waals surface area contributed by atoms with Gasteiger partial charge >= 0.3 is 6.09 Å². The highest BCUT2D eigenvalue weighted by Crippen LogP contribution is 2.13. The predicted molar refractivity (Wildman–Crippen MR) is 41.3 cm³/mol. The Morgan fingerprint density at radius 3 is 2.92 bits per heavy atom. The maximum atomic E-state index is 11.1. The summed E-state index contributed by atoms with van der Waals surface area (Å²) in [5.41, 5.74) is 4.81. The normalized spacial score (nSPS) is 22.9.